The predicted molar refractivity (Wildman–Crippen MR) is 86.7 cm³/mol. The Morgan fingerprint density at radius 1 is 1.42 bits per heavy atom. The van der Waals surface area contributed by atoms with Crippen molar-refractivity contribution in [3.05, 3.63) is 40.4 Å². The fourth-order valence-electron chi connectivity index (χ4n) is 2.57. The second-order valence-corrected chi connectivity index (χ2v) is 6.10. The minimum atomic E-state index is -0.523. The van der Waals surface area contributed by atoms with Gasteiger partial charge in [-0.1, -0.05) is 16.8 Å². The first-order valence-electron chi connectivity index (χ1n) is 7.56. The monoisotopic (exact) mass is 353 g/mol. The number of aliphatic hydroxyl groups excluding tert-OH is 1. The molecule has 128 valence electrons. The van der Waals surface area contributed by atoms with Crippen molar-refractivity contribution < 1.29 is 14.1 Å². The molecule has 1 aromatic carbocycles. The number of hydrogen-bond acceptors (Lipinski definition) is 6. The van der Waals surface area contributed by atoms with Crippen LogP contribution in [0.4, 0.5) is 10.1 Å². The maximum atomic E-state index is 13.2. The summed E-state index contributed by atoms with van der Waals surface area (Å²) in [6.07, 6.45) is 1.17. The number of likely N-dealkylation sites (tertiary alicyclic amines) is 1. The lowest BCUT2D eigenvalue weighted by molar-refractivity contribution is 0.0781. The van der Waals surface area contributed by atoms with Crippen LogP contribution in [0.5, 0.6) is 0 Å². The average molecular weight is 354 g/mol. The molecular weight excluding hydrogens is 337 g/mol. The Balaban J connectivity index is 1.67. The van der Waals surface area contributed by atoms with E-state index < -0.39 is 5.82 Å². The lowest BCUT2D eigenvalue weighted by Gasteiger charge is -2.28. The normalized spacial score (nSPS) is 16.3. The van der Waals surface area contributed by atoms with Gasteiger partial charge in [0.25, 0.3) is 0 Å². The van der Waals surface area contributed by atoms with Crippen LogP contribution in [-0.4, -0.2) is 45.3 Å². The Morgan fingerprint density at radius 2 is 2.17 bits per heavy atom. The minimum absolute atomic E-state index is 0.00836. The molecule has 0 radical (unpaired) electrons. The maximum Gasteiger partial charge on any atom is 0.174 e. The third-order valence-electron chi connectivity index (χ3n) is 3.91. The van der Waals surface area contributed by atoms with Gasteiger partial charge in [0.05, 0.1) is 11.1 Å². The van der Waals surface area contributed by atoms with Gasteiger partial charge in [-0.3, -0.25) is 10.3 Å². The maximum absolute atomic E-state index is 13.2. The first-order chi connectivity index (χ1) is 11.5. The molecule has 0 unspecified atom stereocenters. The number of nitrogens with zero attached hydrogens (tertiary/aromatic N) is 3. The van der Waals surface area contributed by atoms with E-state index in [0.717, 1.165) is 13.1 Å². The third kappa shape index (κ3) is 3.89. The van der Waals surface area contributed by atoms with Crippen LogP contribution in [0.15, 0.2) is 22.8 Å². The number of amidine groups is 1. The van der Waals surface area contributed by atoms with Gasteiger partial charge < -0.3 is 10.4 Å². The molecule has 1 aromatic heterocycles. The summed E-state index contributed by atoms with van der Waals surface area (Å²) in [5.41, 5.74) is 1.31. The quantitative estimate of drug-likeness (QED) is 0.576. The van der Waals surface area contributed by atoms with E-state index in [-0.39, 0.29) is 17.0 Å². The van der Waals surface area contributed by atoms with Gasteiger partial charge in [-0.2, -0.15) is 0 Å². The van der Waals surface area contributed by atoms with Crippen LogP contribution < -0.4 is 5.32 Å². The zero-order valence-electron chi connectivity index (χ0n) is 12.8. The van der Waals surface area contributed by atoms with Crippen LogP contribution in [0, 0.1) is 11.2 Å². The fourth-order valence-corrected chi connectivity index (χ4v) is 2.75. The smallest absolute Gasteiger partial charge is 0.174 e. The highest BCUT2D eigenvalue weighted by Crippen LogP contribution is 2.20. The summed E-state index contributed by atoms with van der Waals surface area (Å²) in [7, 11) is 0. The molecule has 0 bridgehead atoms. The molecule has 0 atom stereocenters. The molecule has 0 aliphatic carbocycles. The SMILES string of the molecule is N=C(Nc1ccc(F)c(Cl)c1)c1nonc1CN1CCC(O)CC1. The Bertz CT molecular complexity index is 730. The lowest BCUT2D eigenvalue weighted by atomic mass is 10.1. The summed E-state index contributed by atoms with van der Waals surface area (Å²) in [5, 5.41) is 28.1. The van der Waals surface area contributed by atoms with Crippen molar-refractivity contribution in [3.63, 3.8) is 0 Å². The van der Waals surface area contributed by atoms with Gasteiger partial charge in [-0.05, 0) is 36.2 Å². The van der Waals surface area contributed by atoms with Crippen LogP contribution in [-0.2, 0) is 6.54 Å². The first-order valence-corrected chi connectivity index (χ1v) is 7.93. The number of anilines is 1. The second-order valence-electron chi connectivity index (χ2n) is 5.70. The van der Waals surface area contributed by atoms with Crippen LogP contribution >= 0.6 is 11.6 Å². The minimum Gasteiger partial charge on any atom is -0.393 e. The Hall–Kier alpha value is -2.03. The standard InChI is InChI=1S/C15H17ClFN5O2/c16-11-7-9(1-2-12(11)17)19-15(18)14-13(20-24-21-14)8-22-5-3-10(23)4-6-22/h1-2,7,10,23H,3-6,8H2,(H2,18,19). The van der Waals surface area contributed by atoms with Crippen molar-refractivity contribution in [1.29, 1.82) is 5.41 Å². The van der Waals surface area contributed by atoms with Gasteiger partial charge in [0.15, 0.2) is 11.5 Å². The molecule has 2 heterocycles. The molecule has 0 saturated carbocycles. The van der Waals surface area contributed by atoms with Crippen molar-refractivity contribution in [2.45, 2.75) is 25.5 Å². The van der Waals surface area contributed by atoms with E-state index in [0.29, 0.717) is 36.5 Å². The highest BCUT2D eigenvalue weighted by atomic mass is 35.5. The molecule has 1 fully saturated rings. The van der Waals surface area contributed by atoms with Gasteiger partial charge in [-0.15, -0.1) is 0 Å². The molecular formula is C15H17ClFN5O2. The van der Waals surface area contributed by atoms with Crippen molar-refractivity contribution in [2.24, 2.45) is 0 Å². The number of benzene rings is 1. The van der Waals surface area contributed by atoms with E-state index in [9.17, 15) is 9.50 Å². The van der Waals surface area contributed by atoms with Crippen LogP contribution in [0.1, 0.15) is 24.2 Å². The van der Waals surface area contributed by atoms with Gasteiger partial charge in [-0.25, -0.2) is 9.02 Å². The predicted octanol–water partition coefficient (Wildman–Crippen LogP) is 2.26. The molecule has 7 nitrogen and oxygen atoms in total. The number of aromatic nitrogens is 2. The zero-order valence-corrected chi connectivity index (χ0v) is 13.6. The summed E-state index contributed by atoms with van der Waals surface area (Å²) in [4.78, 5) is 2.12. The number of nitrogens with one attached hydrogen (secondary N) is 2. The number of hydrogen-bond donors (Lipinski definition) is 3. The van der Waals surface area contributed by atoms with Crippen LogP contribution in [0.2, 0.25) is 5.02 Å². The van der Waals surface area contributed by atoms with Gasteiger partial charge in [0, 0.05) is 25.3 Å². The number of aliphatic hydroxyl groups is 1. The van der Waals surface area contributed by atoms with Crippen LogP contribution in [0.3, 0.4) is 0 Å². The summed E-state index contributed by atoms with van der Waals surface area (Å²) in [6.45, 7) is 1.99. The van der Waals surface area contributed by atoms with Gasteiger partial charge in [0.2, 0.25) is 0 Å². The molecule has 3 rings (SSSR count). The highest BCUT2D eigenvalue weighted by molar-refractivity contribution is 6.31. The molecule has 1 aliphatic rings. The molecule has 1 saturated heterocycles. The average Bonchev–Trinajstić information content (AvgIpc) is 3.01. The molecule has 0 amide bonds. The van der Waals surface area contributed by atoms with E-state index in [2.05, 4.69) is 20.5 Å². The van der Waals surface area contributed by atoms with Gasteiger partial charge in [0.1, 0.15) is 11.5 Å². The van der Waals surface area contributed by atoms with Crippen molar-refractivity contribution in [2.75, 3.05) is 18.4 Å². The van der Waals surface area contributed by atoms with E-state index in [1.165, 1.54) is 18.2 Å². The molecule has 3 N–H and O–H groups in total. The fraction of sp³-hybridized carbons (Fsp3) is 0.400. The van der Waals surface area contributed by atoms with Crippen molar-refractivity contribution >= 4 is 23.1 Å². The molecule has 1 aliphatic heterocycles. The Labute approximate surface area is 142 Å². The summed E-state index contributed by atoms with van der Waals surface area (Å²) in [5.74, 6) is -0.532. The lowest BCUT2D eigenvalue weighted by Crippen LogP contribution is -2.35. The van der Waals surface area contributed by atoms with E-state index in [1.807, 2.05) is 0 Å². The molecule has 24 heavy (non-hydrogen) atoms. The van der Waals surface area contributed by atoms with Crippen LogP contribution in [0.25, 0.3) is 0 Å². The summed E-state index contributed by atoms with van der Waals surface area (Å²) >= 11 is 5.73. The summed E-state index contributed by atoms with van der Waals surface area (Å²) < 4.78 is 18.0. The second kappa shape index (κ2) is 7.25. The largest absolute Gasteiger partial charge is 0.393 e. The topological polar surface area (TPSA) is 98.3 Å². The number of halogens is 2. The number of rotatable bonds is 4. The Morgan fingerprint density at radius 3 is 2.88 bits per heavy atom. The molecule has 2 aromatic rings. The number of piperidine rings is 1. The highest BCUT2D eigenvalue weighted by Gasteiger charge is 2.22. The summed E-state index contributed by atoms with van der Waals surface area (Å²) in [6, 6.07) is 4.10. The van der Waals surface area contributed by atoms with E-state index >= 15 is 0 Å². The van der Waals surface area contributed by atoms with E-state index in [4.69, 9.17) is 21.6 Å². The Kier molecular flexibility index (Phi) is 5.08. The zero-order chi connectivity index (χ0) is 17.1. The van der Waals surface area contributed by atoms with Crippen molar-refractivity contribution in [3.8, 4) is 0 Å². The van der Waals surface area contributed by atoms with Crippen molar-refractivity contribution in [1.82, 2.24) is 15.2 Å². The first kappa shape index (κ1) is 16.8. The van der Waals surface area contributed by atoms with Gasteiger partial charge >= 0.3 is 0 Å². The molecule has 0 spiro atoms. The van der Waals surface area contributed by atoms with E-state index in [1.54, 1.807) is 0 Å². The molecule has 9 heteroatoms. The third-order valence-corrected chi connectivity index (χ3v) is 4.20.